The van der Waals surface area contributed by atoms with Gasteiger partial charge in [-0.1, -0.05) is 17.7 Å². The number of nitrogens with zero attached hydrogens (tertiary/aromatic N) is 1. The van der Waals surface area contributed by atoms with Crippen LogP contribution in [-0.4, -0.2) is 6.29 Å². The molecule has 0 spiro atoms. The lowest BCUT2D eigenvalue weighted by atomic mass is 10.1. The largest absolute Gasteiger partial charge is 0.303 e. The van der Waals surface area contributed by atoms with E-state index in [9.17, 15) is 4.79 Å². The molecule has 2 nitrogen and oxygen atoms in total. The zero-order chi connectivity index (χ0) is 9.68. The fourth-order valence-electron chi connectivity index (χ4n) is 1.03. The molecule has 0 aliphatic heterocycles. The highest BCUT2D eigenvalue weighted by atomic mass is 35.5. The van der Waals surface area contributed by atoms with E-state index in [4.69, 9.17) is 16.9 Å². The van der Waals surface area contributed by atoms with Crippen LogP contribution in [0.15, 0.2) is 18.2 Å². The number of aryl methyl sites for hydroxylation is 1. The van der Waals surface area contributed by atoms with Crippen molar-refractivity contribution in [1.82, 2.24) is 0 Å². The minimum Gasteiger partial charge on any atom is -0.303 e. The van der Waals surface area contributed by atoms with Crippen LogP contribution in [0.5, 0.6) is 0 Å². The summed E-state index contributed by atoms with van der Waals surface area (Å²) in [6.45, 7) is 0. The predicted octanol–water partition coefficient (Wildman–Crippen LogP) is 2.34. The standard InChI is InChI=1S/C10H8ClNO/c11-10-6-8(2-1-5-13)3-4-9(10)7-12/h3-6H,1-2H2. The Labute approximate surface area is 81.7 Å². The summed E-state index contributed by atoms with van der Waals surface area (Å²) < 4.78 is 0. The van der Waals surface area contributed by atoms with Crippen molar-refractivity contribution < 1.29 is 4.79 Å². The zero-order valence-electron chi connectivity index (χ0n) is 6.96. The maximum Gasteiger partial charge on any atom is 0.120 e. The third kappa shape index (κ3) is 2.57. The van der Waals surface area contributed by atoms with E-state index in [1.165, 1.54) is 0 Å². The van der Waals surface area contributed by atoms with E-state index in [2.05, 4.69) is 0 Å². The van der Waals surface area contributed by atoms with Crippen molar-refractivity contribution in [2.45, 2.75) is 12.8 Å². The van der Waals surface area contributed by atoms with E-state index in [1.54, 1.807) is 12.1 Å². The molecule has 0 fully saturated rings. The number of rotatable bonds is 3. The molecule has 1 aromatic carbocycles. The molecule has 3 heteroatoms. The predicted molar refractivity (Wildman–Crippen MR) is 50.6 cm³/mol. The zero-order valence-corrected chi connectivity index (χ0v) is 7.71. The van der Waals surface area contributed by atoms with Gasteiger partial charge in [0.2, 0.25) is 0 Å². The number of carbonyl (C=O) groups excluding carboxylic acids is 1. The molecule has 13 heavy (non-hydrogen) atoms. The average molecular weight is 194 g/mol. The Kier molecular flexibility index (Phi) is 3.48. The van der Waals surface area contributed by atoms with E-state index in [-0.39, 0.29) is 0 Å². The summed E-state index contributed by atoms with van der Waals surface area (Å²) in [6.07, 6.45) is 2.03. The number of aldehydes is 1. The smallest absolute Gasteiger partial charge is 0.120 e. The summed E-state index contributed by atoms with van der Waals surface area (Å²) in [6, 6.07) is 7.19. The highest BCUT2D eigenvalue weighted by molar-refractivity contribution is 6.31. The van der Waals surface area contributed by atoms with Gasteiger partial charge in [-0.25, -0.2) is 0 Å². The van der Waals surface area contributed by atoms with Crippen molar-refractivity contribution in [3.63, 3.8) is 0 Å². The second kappa shape index (κ2) is 4.64. The number of carbonyl (C=O) groups is 1. The van der Waals surface area contributed by atoms with Gasteiger partial charge in [-0.3, -0.25) is 0 Å². The van der Waals surface area contributed by atoms with Crippen molar-refractivity contribution in [2.75, 3.05) is 0 Å². The maximum absolute atomic E-state index is 10.1. The Hall–Kier alpha value is -1.33. The number of hydrogen-bond acceptors (Lipinski definition) is 2. The van der Waals surface area contributed by atoms with Crippen molar-refractivity contribution in [2.24, 2.45) is 0 Å². The lowest BCUT2D eigenvalue weighted by Crippen LogP contribution is -1.87. The molecule has 0 aliphatic carbocycles. The molecule has 0 saturated heterocycles. The molecular weight excluding hydrogens is 186 g/mol. The molecule has 0 saturated carbocycles. The summed E-state index contributed by atoms with van der Waals surface area (Å²) in [5.41, 5.74) is 1.45. The highest BCUT2D eigenvalue weighted by Crippen LogP contribution is 2.17. The number of hydrogen-bond donors (Lipinski definition) is 0. The quantitative estimate of drug-likeness (QED) is 0.692. The van der Waals surface area contributed by atoms with Crippen LogP contribution in [0.2, 0.25) is 5.02 Å². The Bertz CT molecular complexity index is 354. The van der Waals surface area contributed by atoms with Crippen molar-refractivity contribution in [1.29, 1.82) is 5.26 Å². The molecule has 0 heterocycles. The first kappa shape index (κ1) is 9.76. The normalized spacial score (nSPS) is 9.23. The number of benzene rings is 1. The van der Waals surface area contributed by atoms with Crippen LogP contribution >= 0.6 is 11.6 Å². The van der Waals surface area contributed by atoms with Gasteiger partial charge in [0.1, 0.15) is 12.4 Å². The summed E-state index contributed by atoms with van der Waals surface area (Å²) in [4.78, 5) is 10.1. The molecule has 1 rings (SSSR count). The summed E-state index contributed by atoms with van der Waals surface area (Å²) >= 11 is 5.80. The molecule has 0 bridgehead atoms. The molecule has 0 N–H and O–H groups in total. The van der Waals surface area contributed by atoms with Crippen LogP contribution in [-0.2, 0) is 11.2 Å². The Morgan fingerprint density at radius 2 is 2.31 bits per heavy atom. The first-order chi connectivity index (χ1) is 6.27. The molecule has 0 unspecified atom stereocenters. The molecule has 0 radical (unpaired) electrons. The van der Waals surface area contributed by atoms with Crippen LogP contribution in [0, 0.1) is 11.3 Å². The second-order valence-electron chi connectivity index (χ2n) is 2.63. The first-order valence-corrected chi connectivity index (χ1v) is 4.28. The van der Waals surface area contributed by atoms with E-state index in [0.29, 0.717) is 23.4 Å². The summed E-state index contributed by atoms with van der Waals surface area (Å²) in [7, 11) is 0. The van der Waals surface area contributed by atoms with Gasteiger partial charge in [0, 0.05) is 6.42 Å². The Morgan fingerprint density at radius 1 is 1.54 bits per heavy atom. The molecule has 0 aliphatic rings. The van der Waals surface area contributed by atoms with Gasteiger partial charge >= 0.3 is 0 Å². The fourth-order valence-corrected chi connectivity index (χ4v) is 1.28. The van der Waals surface area contributed by atoms with Crippen LogP contribution in [0.25, 0.3) is 0 Å². The third-order valence-electron chi connectivity index (χ3n) is 1.70. The van der Waals surface area contributed by atoms with Gasteiger partial charge in [-0.2, -0.15) is 5.26 Å². The third-order valence-corrected chi connectivity index (χ3v) is 2.02. The van der Waals surface area contributed by atoms with E-state index in [0.717, 1.165) is 11.8 Å². The van der Waals surface area contributed by atoms with Crippen LogP contribution in [0.1, 0.15) is 17.5 Å². The van der Waals surface area contributed by atoms with E-state index in [1.807, 2.05) is 12.1 Å². The van der Waals surface area contributed by atoms with Gasteiger partial charge in [0.05, 0.1) is 10.6 Å². The molecule has 0 aromatic heterocycles. The van der Waals surface area contributed by atoms with Crippen LogP contribution in [0.4, 0.5) is 0 Å². The van der Waals surface area contributed by atoms with Crippen molar-refractivity contribution >= 4 is 17.9 Å². The average Bonchev–Trinajstić information content (AvgIpc) is 2.15. The van der Waals surface area contributed by atoms with Gasteiger partial charge in [0.25, 0.3) is 0 Å². The molecule has 0 amide bonds. The van der Waals surface area contributed by atoms with E-state index >= 15 is 0 Å². The molecule has 66 valence electrons. The van der Waals surface area contributed by atoms with Gasteiger partial charge < -0.3 is 4.79 Å². The van der Waals surface area contributed by atoms with Crippen LogP contribution < -0.4 is 0 Å². The van der Waals surface area contributed by atoms with Crippen molar-refractivity contribution in [3.05, 3.63) is 34.3 Å². The summed E-state index contributed by atoms with van der Waals surface area (Å²) in [5, 5.41) is 9.04. The topological polar surface area (TPSA) is 40.9 Å². The lowest BCUT2D eigenvalue weighted by Gasteiger charge is -1.99. The van der Waals surface area contributed by atoms with E-state index < -0.39 is 0 Å². The van der Waals surface area contributed by atoms with Crippen molar-refractivity contribution in [3.8, 4) is 6.07 Å². The summed E-state index contributed by atoms with van der Waals surface area (Å²) in [5.74, 6) is 0. The highest BCUT2D eigenvalue weighted by Gasteiger charge is 2.00. The minimum absolute atomic E-state index is 0.450. The molecular formula is C10H8ClNO. The van der Waals surface area contributed by atoms with Gasteiger partial charge in [-0.15, -0.1) is 0 Å². The molecule has 0 atom stereocenters. The monoisotopic (exact) mass is 193 g/mol. The lowest BCUT2D eigenvalue weighted by molar-refractivity contribution is -0.107. The maximum atomic E-state index is 10.1. The Balaban J connectivity index is 2.84. The first-order valence-electron chi connectivity index (χ1n) is 3.90. The minimum atomic E-state index is 0.450. The number of nitriles is 1. The number of halogens is 1. The fraction of sp³-hybridized carbons (Fsp3) is 0.200. The van der Waals surface area contributed by atoms with Crippen LogP contribution in [0.3, 0.4) is 0 Å². The van der Waals surface area contributed by atoms with Gasteiger partial charge in [-0.05, 0) is 24.1 Å². The SMILES string of the molecule is N#Cc1ccc(CCC=O)cc1Cl. The second-order valence-corrected chi connectivity index (χ2v) is 3.04. The Morgan fingerprint density at radius 3 is 2.85 bits per heavy atom. The van der Waals surface area contributed by atoms with Gasteiger partial charge in [0.15, 0.2) is 0 Å². The molecule has 1 aromatic rings.